The Labute approximate surface area is 103 Å². The molecule has 17 heavy (non-hydrogen) atoms. The molecule has 3 aliphatic rings. The van der Waals surface area contributed by atoms with E-state index in [9.17, 15) is 9.90 Å². The van der Waals surface area contributed by atoms with Crippen molar-refractivity contribution in [1.29, 1.82) is 0 Å². The van der Waals surface area contributed by atoms with Crippen LogP contribution < -0.4 is 0 Å². The predicted octanol–water partition coefficient (Wildman–Crippen LogP) is 2.50. The summed E-state index contributed by atoms with van der Waals surface area (Å²) in [4.78, 5) is 13.8. The van der Waals surface area contributed by atoms with Gasteiger partial charge in [-0.1, -0.05) is 13.8 Å². The molecule has 0 amide bonds. The molecule has 0 aromatic heterocycles. The van der Waals surface area contributed by atoms with Gasteiger partial charge in [0, 0.05) is 18.1 Å². The summed E-state index contributed by atoms with van der Waals surface area (Å²) < 4.78 is 0. The fourth-order valence-corrected chi connectivity index (χ4v) is 4.52. The minimum Gasteiger partial charge on any atom is -0.481 e. The van der Waals surface area contributed by atoms with Crippen molar-refractivity contribution in [3.8, 4) is 0 Å². The Morgan fingerprint density at radius 3 is 2.53 bits per heavy atom. The van der Waals surface area contributed by atoms with E-state index in [0.29, 0.717) is 23.5 Å². The number of fused-ring (bicyclic) bond motifs is 2. The van der Waals surface area contributed by atoms with Crippen LogP contribution in [0.2, 0.25) is 0 Å². The third kappa shape index (κ3) is 1.79. The molecule has 0 spiro atoms. The van der Waals surface area contributed by atoms with Gasteiger partial charge in [-0.3, -0.25) is 9.69 Å². The van der Waals surface area contributed by atoms with E-state index in [1.54, 1.807) is 0 Å². The maximum Gasteiger partial charge on any atom is 0.308 e. The summed E-state index contributed by atoms with van der Waals surface area (Å²) in [5.74, 6) is -0.656. The van der Waals surface area contributed by atoms with E-state index < -0.39 is 5.97 Å². The van der Waals surface area contributed by atoms with E-state index in [4.69, 9.17) is 0 Å². The molecule has 4 atom stereocenters. The molecule has 1 saturated carbocycles. The summed E-state index contributed by atoms with van der Waals surface area (Å²) in [5.41, 5.74) is 0.464. The van der Waals surface area contributed by atoms with E-state index in [1.165, 1.54) is 25.7 Å². The fourth-order valence-electron chi connectivity index (χ4n) is 4.52. The van der Waals surface area contributed by atoms with Gasteiger partial charge in [0.2, 0.25) is 0 Å². The van der Waals surface area contributed by atoms with Gasteiger partial charge in [-0.25, -0.2) is 0 Å². The summed E-state index contributed by atoms with van der Waals surface area (Å²) in [7, 11) is 0. The molecule has 3 heteroatoms. The molecular formula is C14H23NO2. The van der Waals surface area contributed by atoms with Crippen LogP contribution in [-0.4, -0.2) is 34.1 Å². The first-order chi connectivity index (χ1) is 7.98. The van der Waals surface area contributed by atoms with Gasteiger partial charge in [-0.05, 0) is 43.9 Å². The SMILES string of the molecule is CC1(C)CCC(N2C3CCC2C(C(=O)O)C3)C1. The summed E-state index contributed by atoms with van der Waals surface area (Å²) in [6.45, 7) is 4.69. The van der Waals surface area contributed by atoms with Crippen LogP contribution in [0.1, 0.15) is 52.4 Å². The van der Waals surface area contributed by atoms with Gasteiger partial charge in [-0.2, -0.15) is 0 Å². The van der Waals surface area contributed by atoms with Crippen LogP contribution in [0, 0.1) is 11.3 Å². The number of aliphatic carboxylic acids is 1. The lowest BCUT2D eigenvalue weighted by atomic mass is 9.89. The van der Waals surface area contributed by atoms with Gasteiger partial charge in [-0.15, -0.1) is 0 Å². The van der Waals surface area contributed by atoms with Crippen LogP contribution in [0.5, 0.6) is 0 Å². The molecule has 1 N–H and O–H groups in total. The Hall–Kier alpha value is -0.570. The van der Waals surface area contributed by atoms with Gasteiger partial charge in [0.25, 0.3) is 0 Å². The van der Waals surface area contributed by atoms with Gasteiger partial charge in [0.1, 0.15) is 0 Å². The Morgan fingerprint density at radius 1 is 1.24 bits per heavy atom. The average molecular weight is 237 g/mol. The highest BCUT2D eigenvalue weighted by Crippen LogP contribution is 2.49. The quantitative estimate of drug-likeness (QED) is 0.802. The monoisotopic (exact) mass is 237 g/mol. The number of rotatable bonds is 2. The molecule has 0 aromatic rings. The molecule has 2 aliphatic heterocycles. The molecule has 1 aliphatic carbocycles. The first-order valence-electron chi connectivity index (χ1n) is 6.98. The van der Waals surface area contributed by atoms with Crippen molar-refractivity contribution in [3.63, 3.8) is 0 Å². The van der Waals surface area contributed by atoms with Crippen molar-refractivity contribution in [2.24, 2.45) is 11.3 Å². The van der Waals surface area contributed by atoms with Crippen LogP contribution >= 0.6 is 0 Å². The van der Waals surface area contributed by atoms with Crippen LogP contribution in [0.25, 0.3) is 0 Å². The van der Waals surface area contributed by atoms with Crippen LogP contribution in [0.15, 0.2) is 0 Å². The van der Waals surface area contributed by atoms with Crippen molar-refractivity contribution in [3.05, 3.63) is 0 Å². The highest BCUT2D eigenvalue weighted by atomic mass is 16.4. The van der Waals surface area contributed by atoms with Crippen LogP contribution in [0.4, 0.5) is 0 Å². The summed E-state index contributed by atoms with van der Waals surface area (Å²) in [6, 6.07) is 1.57. The van der Waals surface area contributed by atoms with Gasteiger partial charge in [0.05, 0.1) is 5.92 Å². The highest BCUT2D eigenvalue weighted by Gasteiger charge is 2.52. The van der Waals surface area contributed by atoms with E-state index in [2.05, 4.69) is 18.7 Å². The second-order valence-corrected chi connectivity index (χ2v) is 6.99. The normalized spacial score (nSPS) is 44.4. The Balaban J connectivity index is 1.75. The number of carboxylic acids is 1. The van der Waals surface area contributed by atoms with Crippen molar-refractivity contribution >= 4 is 5.97 Å². The zero-order valence-electron chi connectivity index (χ0n) is 10.9. The van der Waals surface area contributed by atoms with E-state index >= 15 is 0 Å². The Morgan fingerprint density at radius 2 is 2.00 bits per heavy atom. The van der Waals surface area contributed by atoms with E-state index in [0.717, 1.165) is 12.8 Å². The minimum absolute atomic E-state index is 0.0857. The molecule has 2 heterocycles. The molecule has 4 unspecified atom stereocenters. The number of hydrogen-bond acceptors (Lipinski definition) is 2. The van der Waals surface area contributed by atoms with Gasteiger partial charge in [0.15, 0.2) is 0 Å². The largest absolute Gasteiger partial charge is 0.481 e. The maximum atomic E-state index is 11.3. The molecular weight excluding hydrogens is 214 g/mol. The van der Waals surface area contributed by atoms with Crippen molar-refractivity contribution in [1.82, 2.24) is 4.90 Å². The lowest BCUT2D eigenvalue weighted by Gasteiger charge is -2.30. The molecule has 2 bridgehead atoms. The third-order valence-electron chi connectivity index (χ3n) is 5.27. The summed E-state index contributed by atoms with van der Waals surface area (Å²) >= 11 is 0. The Kier molecular flexibility index (Phi) is 2.51. The minimum atomic E-state index is -0.570. The molecule has 96 valence electrons. The highest BCUT2D eigenvalue weighted by molar-refractivity contribution is 5.71. The zero-order valence-corrected chi connectivity index (χ0v) is 10.9. The number of nitrogens with zero attached hydrogens (tertiary/aromatic N) is 1. The van der Waals surface area contributed by atoms with Crippen molar-refractivity contribution < 1.29 is 9.90 Å². The fraction of sp³-hybridized carbons (Fsp3) is 0.929. The summed E-state index contributed by atoms with van der Waals surface area (Å²) in [6.07, 6.45) is 7.06. The van der Waals surface area contributed by atoms with Crippen molar-refractivity contribution in [2.45, 2.75) is 70.5 Å². The molecule has 3 rings (SSSR count). The molecule has 3 nitrogen and oxygen atoms in total. The summed E-state index contributed by atoms with van der Waals surface area (Å²) in [5, 5.41) is 9.27. The van der Waals surface area contributed by atoms with Crippen LogP contribution in [0.3, 0.4) is 0 Å². The number of hydrogen-bond donors (Lipinski definition) is 1. The molecule has 0 radical (unpaired) electrons. The average Bonchev–Trinajstić information content (AvgIpc) is 2.88. The number of carboxylic acid groups (broad SMARTS) is 1. The van der Waals surface area contributed by atoms with E-state index in [-0.39, 0.29) is 5.92 Å². The molecule has 3 fully saturated rings. The standard InChI is InChI=1S/C14H23NO2/c1-14(2)6-5-10(8-14)15-9-3-4-12(15)11(7-9)13(16)17/h9-12H,3-8H2,1-2H3,(H,16,17). The lowest BCUT2D eigenvalue weighted by Crippen LogP contribution is -2.40. The van der Waals surface area contributed by atoms with Crippen molar-refractivity contribution in [2.75, 3.05) is 0 Å². The van der Waals surface area contributed by atoms with Gasteiger partial charge >= 0.3 is 5.97 Å². The smallest absolute Gasteiger partial charge is 0.308 e. The molecule has 0 aromatic carbocycles. The third-order valence-corrected chi connectivity index (χ3v) is 5.27. The second kappa shape index (κ2) is 3.71. The maximum absolute atomic E-state index is 11.3. The Bertz CT molecular complexity index is 339. The van der Waals surface area contributed by atoms with Gasteiger partial charge < -0.3 is 5.11 Å². The number of carbonyl (C=O) groups is 1. The van der Waals surface area contributed by atoms with E-state index in [1.807, 2.05) is 0 Å². The van der Waals surface area contributed by atoms with Crippen LogP contribution in [-0.2, 0) is 4.79 Å². The second-order valence-electron chi connectivity index (χ2n) is 6.99. The molecule has 2 saturated heterocycles. The zero-order chi connectivity index (χ0) is 12.2. The lowest BCUT2D eigenvalue weighted by molar-refractivity contribution is -0.142. The first-order valence-corrected chi connectivity index (χ1v) is 6.98. The topological polar surface area (TPSA) is 40.5 Å². The predicted molar refractivity (Wildman–Crippen MR) is 65.8 cm³/mol. The first kappa shape index (κ1) is 11.5.